The number of benzene rings is 3. The van der Waals surface area contributed by atoms with Gasteiger partial charge < -0.3 is 20.7 Å². The number of nitrogens with one attached hydrogen (secondary N) is 3. The third kappa shape index (κ3) is 5.02. The highest BCUT2D eigenvalue weighted by molar-refractivity contribution is 6.06. The molecule has 7 nitrogen and oxygen atoms in total. The van der Waals surface area contributed by atoms with Crippen LogP contribution in [0.5, 0.6) is 5.75 Å². The van der Waals surface area contributed by atoms with Gasteiger partial charge >= 0.3 is 0 Å². The lowest BCUT2D eigenvalue weighted by atomic mass is 10.2. The zero-order chi connectivity index (χ0) is 22.3. The van der Waals surface area contributed by atoms with Crippen LogP contribution in [0.3, 0.4) is 0 Å². The Labute approximate surface area is 186 Å². The molecule has 1 amide bonds. The highest BCUT2D eigenvalue weighted by Gasteiger charge is 2.17. The molecule has 3 aromatic carbocycles. The quantitative estimate of drug-likeness (QED) is 0.361. The second kappa shape index (κ2) is 9.61. The number of amides is 1. The molecule has 0 saturated carbocycles. The van der Waals surface area contributed by atoms with Crippen molar-refractivity contribution >= 4 is 34.7 Å². The molecule has 1 aromatic heterocycles. The maximum Gasteiger partial charge on any atom is 0.255 e. The Kier molecular flexibility index (Phi) is 6.27. The fraction of sp³-hybridized carbons (Fsp3) is 0.0800. The highest BCUT2D eigenvalue weighted by Crippen LogP contribution is 2.29. The topological polar surface area (TPSA) is 88.2 Å². The summed E-state index contributed by atoms with van der Waals surface area (Å²) in [6, 6.07) is 26.3. The van der Waals surface area contributed by atoms with Gasteiger partial charge in [0.05, 0.1) is 12.8 Å². The van der Waals surface area contributed by atoms with E-state index in [0.717, 1.165) is 11.4 Å². The van der Waals surface area contributed by atoms with Crippen molar-refractivity contribution in [3.05, 3.63) is 96.2 Å². The van der Waals surface area contributed by atoms with Gasteiger partial charge in [-0.15, -0.1) is 0 Å². The number of carbonyl (C=O) groups is 1. The summed E-state index contributed by atoms with van der Waals surface area (Å²) in [6.07, 6.45) is 0. The summed E-state index contributed by atoms with van der Waals surface area (Å²) < 4.78 is 5.23. The van der Waals surface area contributed by atoms with Crippen LogP contribution < -0.4 is 20.7 Å². The van der Waals surface area contributed by atoms with Crippen molar-refractivity contribution in [2.45, 2.75) is 6.92 Å². The van der Waals surface area contributed by atoms with Crippen molar-refractivity contribution < 1.29 is 9.53 Å². The molecule has 0 aliphatic heterocycles. The number of aromatic nitrogens is 2. The predicted molar refractivity (Wildman–Crippen MR) is 127 cm³/mol. The summed E-state index contributed by atoms with van der Waals surface area (Å²) >= 11 is 0. The lowest BCUT2D eigenvalue weighted by Crippen LogP contribution is -2.16. The first-order valence-corrected chi connectivity index (χ1v) is 10.1. The number of anilines is 5. The van der Waals surface area contributed by atoms with Crippen LogP contribution in [-0.4, -0.2) is 23.0 Å². The van der Waals surface area contributed by atoms with E-state index in [1.54, 1.807) is 31.4 Å². The van der Waals surface area contributed by atoms with Gasteiger partial charge in [0.2, 0.25) is 5.95 Å². The molecule has 4 rings (SSSR count). The van der Waals surface area contributed by atoms with Gasteiger partial charge in [-0.2, -0.15) is 4.98 Å². The Balaban J connectivity index is 1.68. The van der Waals surface area contributed by atoms with Gasteiger partial charge in [-0.25, -0.2) is 4.98 Å². The van der Waals surface area contributed by atoms with Crippen LogP contribution in [0.15, 0.2) is 84.9 Å². The Bertz CT molecular complexity index is 1210. The number of hydrogen-bond acceptors (Lipinski definition) is 6. The first kappa shape index (κ1) is 20.9. The third-order valence-corrected chi connectivity index (χ3v) is 4.73. The Morgan fingerprint density at radius 2 is 1.47 bits per heavy atom. The second-order valence-corrected chi connectivity index (χ2v) is 7.02. The Morgan fingerprint density at radius 1 is 0.812 bits per heavy atom. The number of rotatable bonds is 7. The first-order valence-electron chi connectivity index (χ1n) is 10.1. The molecule has 7 heteroatoms. The van der Waals surface area contributed by atoms with Gasteiger partial charge in [0.15, 0.2) is 5.82 Å². The number of carbonyl (C=O) groups excluding carboxylic acids is 1. The van der Waals surface area contributed by atoms with Crippen molar-refractivity contribution in [3.8, 4) is 5.75 Å². The molecular formula is C25H23N5O2. The predicted octanol–water partition coefficient (Wildman–Crippen LogP) is 5.53. The Morgan fingerprint density at radius 3 is 2.12 bits per heavy atom. The summed E-state index contributed by atoms with van der Waals surface area (Å²) in [4.78, 5) is 22.1. The molecule has 32 heavy (non-hydrogen) atoms. The summed E-state index contributed by atoms with van der Waals surface area (Å²) in [5.74, 6) is 1.23. The van der Waals surface area contributed by atoms with Crippen LogP contribution in [-0.2, 0) is 0 Å². The van der Waals surface area contributed by atoms with Crippen LogP contribution in [0, 0.1) is 6.92 Å². The van der Waals surface area contributed by atoms with E-state index in [9.17, 15) is 4.79 Å². The fourth-order valence-corrected chi connectivity index (χ4v) is 3.13. The van der Waals surface area contributed by atoms with E-state index < -0.39 is 0 Å². The van der Waals surface area contributed by atoms with Gasteiger partial charge in [0, 0.05) is 16.9 Å². The van der Waals surface area contributed by atoms with E-state index >= 15 is 0 Å². The van der Waals surface area contributed by atoms with Crippen LogP contribution in [0.2, 0.25) is 0 Å². The minimum Gasteiger partial charge on any atom is -0.497 e. The van der Waals surface area contributed by atoms with E-state index in [4.69, 9.17) is 4.74 Å². The van der Waals surface area contributed by atoms with Crippen molar-refractivity contribution in [2.75, 3.05) is 23.1 Å². The molecular weight excluding hydrogens is 402 g/mol. The number of hydrogen-bond donors (Lipinski definition) is 3. The molecule has 0 unspecified atom stereocenters. The fourth-order valence-electron chi connectivity index (χ4n) is 3.13. The minimum atomic E-state index is -0.282. The van der Waals surface area contributed by atoms with Gasteiger partial charge in [0.1, 0.15) is 11.4 Å². The van der Waals surface area contributed by atoms with E-state index in [2.05, 4.69) is 25.9 Å². The minimum absolute atomic E-state index is 0.282. The van der Waals surface area contributed by atoms with Gasteiger partial charge in [0.25, 0.3) is 5.91 Å². The molecule has 1 heterocycles. The number of nitrogens with zero attached hydrogens (tertiary/aromatic N) is 2. The number of aryl methyl sites for hydroxylation is 1. The number of ether oxygens (including phenoxy) is 1. The van der Waals surface area contributed by atoms with Crippen molar-refractivity contribution in [2.24, 2.45) is 0 Å². The molecule has 0 saturated heterocycles. The average molecular weight is 425 g/mol. The van der Waals surface area contributed by atoms with Crippen molar-refractivity contribution in [1.82, 2.24) is 9.97 Å². The summed E-state index contributed by atoms with van der Waals surface area (Å²) in [5.41, 5.74) is 3.30. The molecule has 0 fully saturated rings. The molecule has 0 spiro atoms. The van der Waals surface area contributed by atoms with Crippen LogP contribution >= 0.6 is 0 Å². The lowest BCUT2D eigenvalue weighted by Gasteiger charge is -2.16. The zero-order valence-electron chi connectivity index (χ0n) is 17.8. The molecule has 0 radical (unpaired) electrons. The monoisotopic (exact) mass is 425 g/mol. The molecule has 4 aromatic rings. The second-order valence-electron chi connectivity index (χ2n) is 7.02. The van der Waals surface area contributed by atoms with Gasteiger partial charge in [-0.05, 0) is 49.4 Å². The highest BCUT2D eigenvalue weighted by atomic mass is 16.5. The summed E-state index contributed by atoms with van der Waals surface area (Å²) in [5, 5.41) is 9.44. The van der Waals surface area contributed by atoms with Crippen LogP contribution in [0.1, 0.15) is 16.1 Å². The van der Waals surface area contributed by atoms with Crippen LogP contribution in [0.25, 0.3) is 0 Å². The standard InChI is InChI=1S/C25H23N5O2/c1-17-22(29-24(31)18-10-9-15-21(16-18)32-2)23(27-19-11-5-3-6-12-19)30-25(26-17)28-20-13-7-4-8-14-20/h3-16H,1-2H3,(H,29,31)(H2,26,27,28,30). The average Bonchev–Trinajstić information content (AvgIpc) is 2.82. The largest absolute Gasteiger partial charge is 0.497 e. The number of para-hydroxylation sites is 2. The smallest absolute Gasteiger partial charge is 0.255 e. The Hall–Kier alpha value is -4.39. The lowest BCUT2D eigenvalue weighted by molar-refractivity contribution is 0.102. The third-order valence-electron chi connectivity index (χ3n) is 4.73. The zero-order valence-corrected chi connectivity index (χ0v) is 17.8. The maximum absolute atomic E-state index is 12.9. The molecule has 0 aliphatic carbocycles. The van der Waals surface area contributed by atoms with E-state index in [1.807, 2.05) is 67.6 Å². The van der Waals surface area contributed by atoms with E-state index in [1.165, 1.54) is 0 Å². The van der Waals surface area contributed by atoms with Crippen LogP contribution in [0.4, 0.5) is 28.8 Å². The van der Waals surface area contributed by atoms with Gasteiger partial charge in [-0.3, -0.25) is 4.79 Å². The summed E-state index contributed by atoms with van der Waals surface area (Å²) in [6.45, 7) is 1.83. The van der Waals surface area contributed by atoms with E-state index in [0.29, 0.717) is 34.5 Å². The van der Waals surface area contributed by atoms with Crippen molar-refractivity contribution in [1.29, 1.82) is 0 Å². The SMILES string of the molecule is COc1cccc(C(=O)Nc2c(C)nc(Nc3ccccc3)nc2Nc2ccccc2)c1. The molecule has 0 aliphatic rings. The van der Waals surface area contributed by atoms with Crippen molar-refractivity contribution in [3.63, 3.8) is 0 Å². The molecule has 0 atom stereocenters. The van der Waals surface area contributed by atoms with Gasteiger partial charge in [-0.1, -0.05) is 42.5 Å². The maximum atomic E-state index is 12.9. The van der Waals surface area contributed by atoms with E-state index in [-0.39, 0.29) is 5.91 Å². The molecule has 160 valence electrons. The first-order chi connectivity index (χ1) is 15.6. The molecule has 0 bridgehead atoms. The normalized spacial score (nSPS) is 10.3. The number of methoxy groups -OCH3 is 1. The summed E-state index contributed by atoms with van der Waals surface area (Å²) in [7, 11) is 1.56. The molecule has 3 N–H and O–H groups in total.